The Morgan fingerprint density at radius 1 is 1.40 bits per heavy atom. The van der Waals surface area contributed by atoms with Crippen molar-refractivity contribution in [1.82, 2.24) is 10.2 Å². The van der Waals surface area contributed by atoms with Gasteiger partial charge in [-0.3, -0.25) is 9.69 Å². The minimum atomic E-state index is 0.0806. The van der Waals surface area contributed by atoms with Gasteiger partial charge in [-0.15, -0.1) is 0 Å². The molecule has 3 rings (SSSR count). The summed E-state index contributed by atoms with van der Waals surface area (Å²) in [6, 6.07) is 0. The molecule has 0 aromatic carbocycles. The molecule has 25 heavy (non-hydrogen) atoms. The Morgan fingerprint density at radius 3 is 2.92 bits per heavy atom. The van der Waals surface area contributed by atoms with Crippen LogP contribution in [0, 0.1) is 17.3 Å². The van der Waals surface area contributed by atoms with E-state index in [0.717, 1.165) is 39.0 Å². The normalized spacial score (nSPS) is 34.8. The smallest absolute Gasteiger partial charge is 0.220 e. The number of hydrogen-bond acceptors (Lipinski definition) is 3. The number of hydrogen-bond donors (Lipinski definition) is 1. The summed E-state index contributed by atoms with van der Waals surface area (Å²) in [5, 5.41) is 3.20. The number of nitrogens with zero attached hydrogens (tertiary/aromatic N) is 1. The van der Waals surface area contributed by atoms with Gasteiger partial charge < -0.3 is 10.1 Å². The fourth-order valence-electron chi connectivity index (χ4n) is 5.22. The zero-order chi connectivity index (χ0) is 18.1. The summed E-state index contributed by atoms with van der Waals surface area (Å²) < 4.78 is 6.48. The zero-order valence-electron chi connectivity index (χ0n) is 16.5. The molecule has 3 aliphatic rings. The van der Waals surface area contributed by atoms with Crippen LogP contribution in [0.2, 0.25) is 0 Å². The highest BCUT2D eigenvalue weighted by molar-refractivity contribution is 5.75. The minimum Gasteiger partial charge on any atom is -0.370 e. The van der Waals surface area contributed by atoms with Crippen LogP contribution in [0.25, 0.3) is 0 Å². The number of nitrogens with one attached hydrogen (secondary N) is 1. The SMILES string of the molecule is CC=CCCCC(=O)NC[C@H]1[C@H]2CN(CC(C)(C)C)C[C@]23CC[C@H]1O3. The van der Waals surface area contributed by atoms with Crippen molar-refractivity contribution in [1.29, 1.82) is 0 Å². The van der Waals surface area contributed by atoms with Crippen molar-refractivity contribution < 1.29 is 9.53 Å². The van der Waals surface area contributed by atoms with Crippen LogP contribution in [-0.4, -0.2) is 48.7 Å². The van der Waals surface area contributed by atoms with Crippen LogP contribution in [0.15, 0.2) is 12.2 Å². The maximum atomic E-state index is 12.1. The number of amides is 1. The molecule has 0 aromatic heterocycles. The molecule has 142 valence electrons. The van der Waals surface area contributed by atoms with E-state index < -0.39 is 0 Å². The van der Waals surface area contributed by atoms with Gasteiger partial charge in [-0.25, -0.2) is 0 Å². The van der Waals surface area contributed by atoms with E-state index in [4.69, 9.17) is 4.74 Å². The maximum Gasteiger partial charge on any atom is 0.220 e. The number of likely N-dealkylation sites (tertiary alicyclic amines) is 1. The largest absolute Gasteiger partial charge is 0.370 e. The Bertz CT molecular complexity index is 511. The summed E-state index contributed by atoms with van der Waals surface area (Å²) in [5.74, 6) is 1.29. The molecule has 3 aliphatic heterocycles. The lowest BCUT2D eigenvalue weighted by Crippen LogP contribution is -2.41. The molecule has 1 spiro atoms. The van der Waals surface area contributed by atoms with Crippen LogP contribution in [0.3, 0.4) is 0 Å². The Labute approximate surface area is 153 Å². The molecule has 0 radical (unpaired) electrons. The molecule has 4 atom stereocenters. The number of carbonyl (C=O) groups is 1. The predicted octanol–water partition coefficient (Wildman–Crippen LogP) is 3.37. The van der Waals surface area contributed by atoms with E-state index in [2.05, 4.69) is 37.1 Å². The van der Waals surface area contributed by atoms with Crippen LogP contribution in [0.1, 0.15) is 59.8 Å². The van der Waals surface area contributed by atoms with E-state index in [1.807, 2.05) is 13.0 Å². The van der Waals surface area contributed by atoms with Gasteiger partial charge in [0.05, 0.1) is 11.7 Å². The fraction of sp³-hybridized carbons (Fsp3) is 0.857. The number of fused-ring (bicyclic) bond motifs is 1. The number of unbranched alkanes of at least 4 members (excludes halogenated alkanes) is 1. The molecule has 1 N–H and O–H groups in total. The fourth-order valence-corrected chi connectivity index (χ4v) is 5.22. The molecule has 2 bridgehead atoms. The van der Waals surface area contributed by atoms with Gasteiger partial charge >= 0.3 is 0 Å². The first-order valence-corrected chi connectivity index (χ1v) is 10.1. The van der Waals surface area contributed by atoms with Gasteiger partial charge in [-0.05, 0) is 38.0 Å². The number of rotatable bonds is 7. The average molecular weight is 349 g/mol. The molecule has 4 nitrogen and oxygen atoms in total. The van der Waals surface area contributed by atoms with E-state index >= 15 is 0 Å². The Balaban J connectivity index is 1.51. The molecule has 0 aliphatic carbocycles. The minimum absolute atomic E-state index is 0.0806. The van der Waals surface area contributed by atoms with Crippen LogP contribution in [0.4, 0.5) is 0 Å². The highest BCUT2D eigenvalue weighted by atomic mass is 16.5. The standard InChI is InChI=1S/C21H36N2O2/c1-5-6-7-8-9-19(24)22-12-16-17-13-23(14-20(2,3)4)15-21(17)11-10-18(16)25-21/h5-6,16-18H,7-15H2,1-4H3,(H,22,24)/t16-,17+,18+,21+/m0/s1. The molecular formula is C21H36N2O2. The van der Waals surface area contributed by atoms with Crippen molar-refractivity contribution in [3.63, 3.8) is 0 Å². The third-order valence-electron chi connectivity index (χ3n) is 6.10. The Morgan fingerprint density at radius 2 is 2.20 bits per heavy atom. The van der Waals surface area contributed by atoms with E-state index in [9.17, 15) is 4.79 Å². The number of ether oxygens (including phenoxy) is 1. The second-order valence-electron chi connectivity index (χ2n) is 9.53. The molecule has 3 fully saturated rings. The van der Waals surface area contributed by atoms with Gasteiger partial charge in [-0.1, -0.05) is 32.9 Å². The van der Waals surface area contributed by atoms with Crippen LogP contribution in [-0.2, 0) is 9.53 Å². The van der Waals surface area contributed by atoms with Gasteiger partial charge in [0, 0.05) is 44.4 Å². The van der Waals surface area contributed by atoms with Crippen LogP contribution < -0.4 is 5.32 Å². The molecule has 1 amide bonds. The summed E-state index contributed by atoms with van der Waals surface area (Å²) in [6.07, 6.45) is 9.48. The third-order valence-corrected chi connectivity index (χ3v) is 6.10. The summed E-state index contributed by atoms with van der Waals surface area (Å²) in [5.41, 5.74) is 0.404. The molecule has 0 aromatic rings. The van der Waals surface area contributed by atoms with Gasteiger partial charge in [0.15, 0.2) is 0 Å². The highest BCUT2D eigenvalue weighted by Gasteiger charge is 2.62. The van der Waals surface area contributed by atoms with E-state index in [-0.39, 0.29) is 11.5 Å². The summed E-state index contributed by atoms with van der Waals surface area (Å²) in [6.45, 7) is 13.1. The molecular weight excluding hydrogens is 312 g/mol. The van der Waals surface area contributed by atoms with Gasteiger partial charge in [0.2, 0.25) is 5.91 Å². The second-order valence-corrected chi connectivity index (χ2v) is 9.53. The van der Waals surface area contributed by atoms with Crippen molar-refractivity contribution in [2.24, 2.45) is 17.3 Å². The first-order valence-electron chi connectivity index (χ1n) is 10.1. The third kappa shape index (κ3) is 4.28. The van der Waals surface area contributed by atoms with E-state index in [1.54, 1.807) is 0 Å². The zero-order valence-corrected chi connectivity index (χ0v) is 16.5. The highest BCUT2D eigenvalue weighted by Crippen LogP contribution is 2.54. The monoisotopic (exact) mass is 348 g/mol. The quantitative estimate of drug-likeness (QED) is 0.566. The number of carbonyl (C=O) groups excluding carboxylic acids is 1. The number of allylic oxidation sites excluding steroid dienone is 2. The van der Waals surface area contributed by atoms with Crippen LogP contribution in [0.5, 0.6) is 0 Å². The topological polar surface area (TPSA) is 41.6 Å². The lowest BCUT2D eigenvalue weighted by atomic mass is 9.73. The second kappa shape index (κ2) is 7.40. The van der Waals surface area contributed by atoms with Crippen molar-refractivity contribution in [2.45, 2.75) is 71.5 Å². The molecule has 3 heterocycles. The van der Waals surface area contributed by atoms with Crippen molar-refractivity contribution in [3.05, 3.63) is 12.2 Å². The Hall–Kier alpha value is -0.870. The van der Waals surface area contributed by atoms with E-state index in [0.29, 0.717) is 29.8 Å². The molecule has 0 unspecified atom stereocenters. The predicted molar refractivity (Wildman–Crippen MR) is 101 cm³/mol. The van der Waals surface area contributed by atoms with Gasteiger partial charge in [-0.2, -0.15) is 0 Å². The summed E-state index contributed by atoms with van der Waals surface area (Å²) in [7, 11) is 0. The van der Waals surface area contributed by atoms with E-state index in [1.165, 1.54) is 12.8 Å². The van der Waals surface area contributed by atoms with Crippen molar-refractivity contribution in [3.8, 4) is 0 Å². The maximum absolute atomic E-state index is 12.1. The van der Waals surface area contributed by atoms with Crippen LogP contribution >= 0.6 is 0 Å². The molecule has 4 heteroatoms. The molecule has 0 saturated carbocycles. The van der Waals surface area contributed by atoms with Gasteiger partial charge in [0.1, 0.15) is 0 Å². The summed E-state index contributed by atoms with van der Waals surface area (Å²) >= 11 is 0. The molecule has 3 saturated heterocycles. The van der Waals surface area contributed by atoms with Gasteiger partial charge in [0.25, 0.3) is 0 Å². The Kier molecular flexibility index (Phi) is 5.60. The lowest BCUT2D eigenvalue weighted by molar-refractivity contribution is -0.121. The first kappa shape index (κ1) is 18.9. The van der Waals surface area contributed by atoms with Crippen molar-refractivity contribution >= 4 is 5.91 Å². The first-order chi connectivity index (χ1) is 11.8. The van der Waals surface area contributed by atoms with Crippen molar-refractivity contribution in [2.75, 3.05) is 26.2 Å². The average Bonchev–Trinajstić information content (AvgIpc) is 3.15. The summed E-state index contributed by atoms with van der Waals surface area (Å²) in [4.78, 5) is 14.7. The lowest BCUT2D eigenvalue weighted by Gasteiger charge is -2.29.